The van der Waals surface area contributed by atoms with Gasteiger partial charge in [0, 0.05) is 31.9 Å². The maximum Gasteiger partial charge on any atom is 0.179 e. The molecule has 0 saturated carbocycles. The molecule has 0 spiro atoms. The van der Waals surface area contributed by atoms with Crippen molar-refractivity contribution in [2.45, 2.75) is 13.1 Å². The van der Waals surface area contributed by atoms with E-state index >= 15 is 0 Å². The van der Waals surface area contributed by atoms with E-state index < -0.39 is 0 Å². The molecule has 5 nitrogen and oxygen atoms in total. The summed E-state index contributed by atoms with van der Waals surface area (Å²) in [5.74, 6) is 1.20. The summed E-state index contributed by atoms with van der Waals surface area (Å²) in [5, 5.41) is 8.01. The van der Waals surface area contributed by atoms with Gasteiger partial charge in [-0.25, -0.2) is 0 Å². The number of rotatable bonds is 6. The van der Waals surface area contributed by atoms with E-state index in [0.29, 0.717) is 23.1 Å². The fourth-order valence-electron chi connectivity index (χ4n) is 1.99. The van der Waals surface area contributed by atoms with Crippen LogP contribution in [-0.4, -0.2) is 24.0 Å². The molecule has 20 heavy (non-hydrogen) atoms. The number of nitrogens with zero attached hydrogens (tertiary/aromatic N) is 2. The van der Waals surface area contributed by atoms with Crippen LogP contribution in [0, 0.1) is 0 Å². The Morgan fingerprint density at radius 2 is 1.95 bits per heavy atom. The molecular weight excluding hydrogens is 278 g/mol. The average Bonchev–Trinajstić information content (AvgIpc) is 2.83. The summed E-state index contributed by atoms with van der Waals surface area (Å²) in [4.78, 5) is 0. The van der Waals surface area contributed by atoms with E-state index in [-0.39, 0.29) is 0 Å². The van der Waals surface area contributed by atoms with Gasteiger partial charge in [-0.2, -0.15) is 5.10 Å². The summed E-state index contributed by atoms with van der Waals surface area (Å²) in [7, 11) is 5.07. The summed E-state index contributed by atoms with van der Waals surface area (Å²) in [6.45, 7) is 1.44. The van der Waals surface area contributed by atoms with E-state index in [0.717, 1.165) is 17.7 Å². The number of methoxy groups -OCH3 is 2. The quantitative estimate of drug-likeness (QED) is 0.889. The minimum absolute atomic E-state index is 0.546. The SMILES string of the molecule is COc1cc(CNCc2cnn(C)c2)cc(Cl)c1OC. The van der Waals surface area contributed by atoms with Crippen LogP contribution < -0.4 is 14.8 Å². The lowest BCUT2D eigenvalue weighted by Crippen LogP contribution is -2.12. The van der Waals surface area contributed by atoms with Crippen molar-refractivity contribution in [2.75, 3.05) is 14.2 Å². The summed E-state index contributed by atoms with van der Waals surface area (Å²) in [5.41, 5.74) is 2.18. The van der Waals surface area contributed by atoms with Crippen LogP contribution in [-0.2, 0) is 20.1 Å². The Labute approximate surface area is 123 Å². The van der Waals surface area contributed by atoms with Gasteiger partial charge in [0.1, 0.15) is 0 Å². The van der Waals surface area contributed by atoms with Crippen molar-refractivity contribution in [1.29, 1.82) is 0 Å². The van der Waals surface area contributed by atoms with Crippen LogP contribution in [0.5, 0.6) is 11.5 Å². The van der Waals surface area contributed by atoms with Crippen molar-refractivity contribution in [3.05, 3.63) is 40.7 Å². The maximum atomic E-state index is 6.17. The number of halogens is 1. The van der Waals surface area contributed by atoms with Gasteiger partial charge in [-0.05, 0) is 17.7 Å². The number of hydrogen-bond donors (Lipinski definition) is 1. The van der Waals surface area contributed by atoms with Crippen LogP contribution in [0.15, 0.2) is 24.5 Å². The highest BCUT2D eigenvalue weighted by atomic mass is 35.5. The second kappa shape index (κ2) is 6.63. The van der Waals surface area contributed by atoms with Crippen LogP contribution in [0.4, 0.5) is 0 Å². The van der Waals surface area contributed by atoms with Gasteiger partial charge in [-0.15, -0.1) is 0 Å². The third-order valence-corrected chi connectivity index (χ3v) is 3.19. The predicted molar refractivity (Wildman–Crippen MR) is 78.3 cm³/mol. The Kier molecular flexibility index (Phi) is 4.87. The van der Waals surface area contributed by atoms with Crippen molar-refractivity contribution >= 4 is 11.6 Å². The second-order valence-corrected chi connectivity index (χ2v) is 4.85. The standard InChI is InChI=1S/C14H18ClN3O2/c1-18-9-11(8-17-18)7-16-6-10-4-12(15)14(20-3)13(5-10)19-2/h4-5,8-9,16H,6-7H2,1-3H3. The Morgan fingerprint density at radius 1 is 1.20 bits per heavy atom. The van der Waals surface area contributed by atoms with Gasteiger partial charge in [0.15, 0.2) is 11.5 Å². The highest BCUT2D eigenvalue weighted by Crippen LogP contribution is 2.35. The van der Waals surface area contributed by atoms with Crippen molar-refractivity contribution in [1.82, 2.24) is 15.1 Å². The monoisotopic (exact) mass is 295 g/mol. The first-order chi connectivity index (χ1) is 9.63. The van der Waals surface area contributed by atoms with E-state index in [9.17, 15) is 0 Å². The number of aryl methyl sites for hydroxylation is 1. The van der Waals surface area contributed by atoms with Crippen molar-refractivity contribution in [2.24, 2.45) is 7.05 Å². The van der Waals surface area contributed by atoms with Crippen molar-refractivity contribution < 1.29 is 9.47 Å². The van der Waals surface area contributed by atoms with Gasteiger partial charge in [-0.1, -0.05) is 11.6 Å². The summed E-state index contributed by atoms with van der Waals surface area (Å²) in [6.07, 6.45) is 3.82. The normalized spacial score (nSPS) is 10.6. The fourth-order valence-corrected chi connectivity index (χ4v) is 2.30. The van der Waals surface area contributed by atoms with E-state index in [1.807, 2.05) is 31.6 Å². The molecule has 1 aromatic carbocycles. The third-order valence-electron chi connectivity index (χ3n) is 2.91. The Balaban J connectivity index is 2.01. The first kappa shape index (κ1) is 14.7. The average molecular weight is 296 g/mol. The van der Waals surface area contributed by atoms with Crippen LogP contribution >= 0.6 is 11.6 Å². The highest BCUT2D eigenvalue weighted by molar-refractivity contribution is 6.32. The number of aromatic nitrogens is 2. The number of benzene rings is 1. The molecule has 1 N–H and O–H groups in total. The van der Waals surface area contributed by atoms with E-state index in [1.54, 1.807) is 18.9 Å². The molecule has 0 fully saturated rings. The number of nitrogens with one attached hydrogen (secondary N) is 1. The number of ether oxygens (including phenoxy) is 2. The molecule has 0 aliphatic rings. The topological polar surface area (TPSA) is 48.3 Å². The van der Waals surface area contributed by atoms with Gasteiger partial charge < -0.3 is 14.8 Å². The molecule has 0 atom stereocenters. The highest BCUT2D eigenvalue weighted by Gasteiger charge is 2.10. The summed E-state index contributed by atoms with van der Waals surface area (Å²) in [6, 6.07) is 3.79. The molecule has 0 bridgehead atoms. The molecular formula is C14H18ClN3O2. The van der Waals surface area contributed by atoms with Gasteiger partial charge in [-0.3, -0.25) is 4.68 Å². The van der Waals surface area contributed by atoms with E-state index in [4.69, 9.17) is 21.1 Å². The Morgan fingerprint density at radius 3 is 2.55 bits per heavy atom. The zero-order chi connectivity index (χ0) is 14.5. The lowest BCUT2D eigenvalue weighted by atomic mass is 10.2. The van der Waals surface area contributed by atoms with Gasteiger partial charge >= 0.3 is 0 Å². The minimum atomic E-state index is 0.546. The van der Waals surface area contributed by atoms with Crippen molar-refractivity contribution in [3.63, 3.8) is 0 Å². The van der Waals surface area contributed by atoms with Crippen molar-refractivity contribution in [3.8, 4) is 11.5 Å². The molecule has 2 aromatic rings. The summed E-state index contributed by atoms with van der Waals surface area (Å²) < 4.78 is 12.3. The first-order valence-electron chi connectivity index (χ1n) is 6.22. The molecule has 108 valence electrons. The largest absolute Gasteiger partial charge is 0.493 e. The van der Waals surface area contributed by atoms with E-state index in [1.165, 1.54) is 0 Å². The number of hydrogen-bond acceptors (Lipinski definition) is 4. The molecule has 0 radical (unpaired) electrons. The molecule has 0 unspecified atom stereocenters. The first-order valence-corrected chi connectivity index (χ1v) is 6.60. The zero-order valence-electron chi connectivity index (χ0n) is 11.8. The molecule has 1 heterocycles. The van der Waals surface area contributed by atoms with E-state index in [2.05, 4.69) is 10.4 Å². The van der Waals surface area contributed by atoms with Gasteiger partial charge in [0.2, 0.25) is 0 Å². The lowest BCUT2D eigenvalue weighted by Gasteiger charge is -2.12. The molecule has 1 aromatic heterocycles. The smallest absolute Gasteiger partial charge is 0.179 e. The molecule has 6 heteroatoms. The predicted octanol–water partition coefficient (Wildman–Crippen LogP) is 2.38. The van der Waals surface area contributed by atoms with Crippen LogP contribution in [0.2, 0.25) is 5.02 Å². The van der Waals surface area contributed by atoms with Crippen LogP contribution in [0.3, 0.4) is 0 Å². The minimum Gasteiger partial charge on any atom is -0.493 e. The second-order valence-electron chi connectivity index (χ2n) is 4.44. The van der Waals surface area contributed by atoms with Gasteiger partial charge in [0.25, 0.3) is 0 Å². The van der Waals surface area contributed by atoms with Crippen LogP contribution in [0.25, 0.3) is 0 Å². The molecule has 0 aliphatic heterocycles. The molecule has 2 rings (SSSR count). The molecule has 0 amide bonds. The lowest BCUT2D eigenvalue weighted by molar-refractivity contribution is 0.354. The fraction of sp³-hybridized carbons (Fsp3) is 0.357. The Bertz CT molecular complexity index is 584. The molecule has 0 saturated heterocycles. The Hall–Kier alpha value is -1.72. The van der Waals surface area contributed by atoms with Crippen LogP contribution in [0.1, 0.15) is 11.1 Å². The summed E-state index contributed by atoms with van der Waals surface area (Å²) >= 11 is 6.17. The zero-order valence-corrected chi connectivity index (χ0v) is 12.6. The van der Waals surface area contributed by atoms with Gasteiger partial charge in [0.05, 0.1) is 25.4 Å². The third kappa shape index (κ3) is 3.43. The maximum absolute atomic E-state index is 6.17. The molecule has 0 aliphatic carbocycles.